The maximum atomic E-state index is 10.7. The van der Waals surface area contributed by atoms with Crippen molar-refractivity contribution in [3.8, 4) is 0 Å². The van der Waals surface area contributed by atoms with Crippen LogP contribution in [0.15, 0.2) is 24.5 Å². The van der Waals surface area contributed by atoms with Crippen molar-refractivity contribution in [2.75, 3.05) is 17.6 Å². The fraction of sp³-hybridized carbons (Fsp3) is 0.273. The molecule has 0 fully saturated rings. The average Bonchev–Trinajstić information content (AvgIpc) is 2.74. The second-order valence-electron chi connectivity index (χ2n) is 4.11. The Hall–Kier alpha value is -2.64. The van der Waals surface area contributed by atoms with Crippen molar-refractivity contribution in [2.45, 2.75) is 6.42 Å². The van der Waals surface area contributed by atoms with Crippen LogP contribution in [0.4, 0.5) is 17.1 Å². The third kappa shape index (κ3) is 3.18. The van der Waals surface area contributed by atoms with Crippen molar-refractivity contribution >= 4 is 17.1 Å². The van der Waals surface area contributed by atoms with Crippen LogP contribution in [-0.2, 0) is 13.5 Å². The predicted octanol–water partition coefficient (Wildman–Crippen LogP) is 0.960. The van der Waals surface area contributed by atoms with E-state index in [1.165, 1.54) is 12.1 Å². The lowest BCUT2D eigenvalue weighted by Gasteiger charge is -2.07. The highest BCUT2D eigenvalue weighted by Gasteiger charge is 2.08. The minimum Gasteiger partial charge on any atom is -0.398 e. The summed E-state index contributed by atoms with van der Waals surface area (Å²) in [6, 6.07) is 4.44. The largest absolute Gasteiger partial charge is 0.398 e. The van der Waals surface area contributed by atoms with Crippen LogP contribution in [0.2, 0.25) is 0 Å². The highest BCUT2D eigenvalue weighted by Crippen LogP contribution is 2.22. The zero-order valence-corrected chi connectivity index (χ0v) is 10.4. The van der Waals surface area contributed by atoms with E-state index in [4.69, 9.17) is 5.73 Å². The summed E-state index contributed by atoms with van der Waals surface area (Å²) >= 11 is 0. The van der Waals surface area contributed by atoms with Crippen LogP contribution in [-0.4, -0.2) is 26.2 Å². The number of nitro groups is 1. The van der Waals surface area contributed by atoms with Crippen molar-refractivity contribution in [3.63, 3.8) is 0 Å². The summed E-state index contributed by atoms with van der Waals surface area (Å²) in [5.74, 6) is 0.839. The third-order valence-electron chi connectivity index (χ3n) is 2.63. The highest BCUT2D eigenvalue weighted by atomic mass is 16.6. The Morgan fingerprint density at radius 3 is 2.89 bits per heavy atom. The van der Waals surface area contributed by atoms with Gasteiger partial charge in [-0.2, -0.15) is 0 Å². The molecule has 2 aromatic rings. The van der Waals surface area contributed by atoms with Gasteiger partial charge in [-0.05, 0) is 6.07 Å². The van der Waals surface area contributed by atoms with E-state index < -0.39 is 4.92 Å². The number of hydrogen-bond acceptors (Lipinski definition) is 6. The lowest BCUT2D eigenvalue weighted by atomic mass is 10.2. The summed E-state index contributed by atoms with van der Waals surface area (Å²) < 4.78 is 1.82. The van der Waals surface area contributed by atoms with E-state index in [9.17, 15) is 10.1 Å². The maximum absolute atomic E-state index is 10.7. The summed E-state index contributed by atoms with van der Waals surface area (Å²) in [6.45, 7) is 0.590. The molecule has 19 heavy (non-hydrogen) atoms. The number of aromatic nitrogens is 3. The molecule has 8 heteroatoms. The molecule has 0 aliphatic rings. The van der Waals surface area contributed by atoms with Crippen LogP contribution < -0.4 is 11.1 Å². The number of rotatable bonds is 5. The van der Waals surface area contributed by atoms with Gasteiger partial charge in [-0.15, -0.1) is 10.2 Å². The SMILES string of the molecule is Cn1cnnc1CCNc1cc(N)cc([N+](=O)[O-])c1. The van der Waals surface area contributed by atoms with Gasteiger partial charge in [-0.3, -0.25) is 10.1 Å². The summed E-state index contributed by atoms with van der Waals surface area (Å²) in [4.78, 5) is 10.2. The molecule has 0 aliphatic heterocycles. The zero-order chi connectivity index (χ0) is 13.8. The van der Waals surface area contributed by atoms with Crippen molar-refractivity contribution in [3.05, 3.63) is 40.5 Å². The van der Waals surface area contributed by atoms with Gasteiger partial charge >= 0.3 is 0 Å². The molecule has 2 rings (SSSR count). The van der Waals surface area contributed by atoms with E-state index in [0.29, 0.717) is 24.3 Å². The van der Waals surface area contributed by atoms with Crippen molar-refractivity contribution in [1.82, 2.24) is 14.8 Å². The van der Waals surface area contributed by atoms with Crippen LogP contribution in [0.1, 0.15) is 5.82 Å². The van der Waals surface area contributed by atoms with E-state index in [1.54, 1.807) is 12.4 Å². The standard InChI is InChI=1S/C11H14N6O2/c1-16-7-14-15-11(16)2-3-13-9-4-8(12)5-10(6-9)17(18)19/h4-7,13H,2-3,12H2,1H3. The van der Waals surface area contributed by atoms with Gasteiger partial charge < -0.3 is 15.6 Å². The summed E-state index contributed by atoms with van der Waals surface area (Å²) in [7, 11) is 1.86. The number of hydrogen-bond donors (Lipinski definition) is 2. The van der Waals surface area contributed by atoms with Gasteiger partial charge in [0.25, 0.3) is 5.69 Å². The summed E-state index contributed by atoms with van der Waals surface area (Å²) in [5, 5.41) is 21.5. The molecule has 100 valence electrons. The molecule has 0 amide bonds. The number of anilines is 2. The van der Waals surface area contributed by atoms with E-state index in [2.05, 4.69) is 15.5 Å². The van der Waals surface area contributed by atoms with Gasteiger partial charge in [-0.25, -0.2) is 0 Å². The zero-order valence-electron chi connectivity index (χ0n) is 10.4. The molecular weight excluding hydrogens is 248 g/mol. The first-order valence-electron chi connectivity index (χ1n) is 5.68. The summed E-state index contributed by atoms with van der Waals surface area (Å²) in [6.07, 6.45) is 2.29. The molecule has 0 saturated heterocycles. The maximum Gasteiger partial charge on any atom is 0.273 e. The predicted molar refractivity (Wildman–Crippen MR) is 70.7 cm³/mol. The van der Waals surface area contributed by atoms with Crippen LogP contribution in [0, 0.1) is 10.1 Å². The van der Waals surface area contributed by atoms with Crippen LogP contribution >= 0.6 is 0 Å². The number of nitrogens with one attached hydrogen (secondary N) is 1. The van der Waals surface area contributed by atoms with Crippen molar-refractivity contribution in [2.24, 2.45) is 7.05 Å². The minimum atomic E-state index is -0.468. The smallest absolute Gasteiger partial charge is 0.273 e. The quantitative estimate of drug-likeness (QED) is 0.471. The monoisotopic (exact) mass is 262 g/mol. The minimum absolute atomic E-state index is 0.0267. The first kappa shape index (κ1) is 12.8. The molecule has 0 aliphatic carbocycles. The average molecular weight is 262 g/mol. The number of nitro benzene ring substituents is 1. The number of aryl methyl sites for hydroxylation is 1. The fourth-order valence-electron chi connectivity index (χ4n) is 1.69. The van der Waals surface area contributed by atoms with E-state index in [1.807, 2.05) is 11.6 Å². The lowest BCUT2D eigenvalue weighted by molar-refractivity contribution is -0.384. The molecule has 0 bridgehead atoms. The van der Waals surface area contributed by atoms with Gasteiger partial charge in [0.05, 0.1) is 4.92 Å². The van der Waals surface area contributed by atoms with E-state index in [0.717, 1.165) is 5.82 Å². The Morgan fingerprint density at radius 1 is 1.47 bits per heavy atom. The van der Waals surface area contributed by atoms with Gasteiger partial charge in [0, 0.05) is 43.5 Å². The molecule has 0 unspecified atom stereocenters. The van der Waals surface area contributed by atoms with Crippen molar-refractivity contribution in [1.29, 1.82) is 0 Å². The third-order valence-corrected chi connectivity index (χ3v) is 2.63. The Morgan fingerprint density at radius 2 is 2.26 bits per heavy atom. The van der Waals surface area contributed by atoms with Crippen molar-refractivity contribution < 1.29 is 4.92 Å². The normalized spacial score (nSPS) is 10.4. The summed E-state index contributed by atoms with van der Waals surface area (Å²) in [5.41, 5.74) is 6.57. The topological polar surface area (TPSA) is 112 Å². The molecule has 8 nitrogen and oxygen atoms in total. The highest BCUT2D eigenvalue weighted by molar-refractivity contribution is 5.61. The second-order valence-corrected chi connectivity index (χ2v) is 4.11. The molecule has 1 aromatic carbocycles. The Bertz CT molecular complexity index is 595. The number of benzene rings is 1. The Labute approximate surface area is 109 Å². The van der Waals surface area contributed by atoms with Gasteiger partial charge in [0.1, 0.15) is 12.2 Å². The molecule has 0 saturated carbocycles. The molecule has 0 radical (unpaired) electrons. The van der Waals surface area contributed by atoms with Crippen LogP contribution in [0.25, 0.3) is 0 Å². The molecule has 0 atom stereocenters. The number of nitrogens with zero attached hydrogens (tertiary/aromatic N) is 4. The lowest BCUT2D eigenvalue weighted by Crippen LogP contribution is -2.09. The number of non-ortho nitro benzene ring substituents is 1. The first-order chi connectivity index (χ1) is 9.06. The van der Waals surface area contributed by atoms with Gasteiger partial charge in [0.2, 0.25) is 0 Å². The first-order valence-corrected chi connectivity index (χ1v) is 5.68. The van der Waals surface area contributed by atoms with E-state index in [-0.39, 0.29) is 5.69 Å². The van der Waals surface area contributed by atoms with Crippen LogP contribution in [0.5, 0.6) is 0 Å². The molecule has 1 heterocycles. The van der Waals surface area contributed by atoms with Gasteiger partial charge in [0.15, 0.2) is 0 Å². The molecule has 0 spiro atoms. The molecule has 1 aromatic heterocycles. The van der Waals surface area contributed by atoms with Gasteiger partial charge in [-0.1, -0.05) is 0 Å². The van der Waals surface area contributed by atoms with E-state index >= 15 is 0 Å². The molecule has 3 N–H and O–H groups in total. The molecular formula is C11H14N6O2. The Kier molecular flexibility index (Phi) is 3.60. The number of nitrogens with two attached hydrogens (primary N) is 1. The second kappa shape index (κ2) is 5.34. The fourth-order valence-corrected chi connectivity index (χ4v) is 1.69. The Balaban J connectivity index is 2.00. The number of nitrogen functional groups attached to an aromatic ring is 1. The van der Waals surface area contributed by atoms with Crippen LogP contribution in [0.3, 0.4) is 0 Å².